The summed E-state index contributed by atoms with van der Waals surface area (Å²) in [4.78, 5) is 12.1. The number of esters is 1. The minimum absolute atomic E-state index is 0.434. The number of hydrogen-bond acceptors (Lipinski definition) is 3. The van der Waals surface area contributed by atoms with Gasteiger partial charge >= 0.3 is 5.97 Å². The molecular weight excluding hydrogens is 456 g/mol. The first-order chi connectivity index (χ1) is 9.51. The highest BCUT2D eigenvalue weighted by atomic mass is 79.9. The Labute approximate surface area is 141 Å². The molecule has 0 unspecified atom stereocenters. The Bertz CT molecular complexity index is 616. The molecule has 6 heteroatoms. The Morgan fingerprint density at radius 2 is 1.55 bits per heavy atom. The predicted molar refractivity (Wildman–Crippen MR) is 87.5 cm³/mol. The average Bonchev–Trinajstić information content (AvgIpc) is 2.42. The summed E-state index contributed by atoms with van der Waals surface area (Å²) in [5.74, 6) is 0.693. The topological polar surface area (TPSA) is 35.5 Å². The van der Waals surface area contributed by atoms with Gasteiger partial charge in [0.25, 0.3) is 0 Å². The van der Waals surface area contributed by atoms with E-state index in [2.05, 4.69) is 47.8 Å². The highest BCUT2D eigenvalue weighted by Crippen LogP contribution is 2.36. The molecule has 3 nitrogen and oxygen atoms in total. The molecule has 0 saturated heterocycles. The van der Waals surface area contributed by atoms with Crippen LogP contribution >= 0.6 is 47.8 Å². The molecule has 104 valence electrons. The van der Waals surface area contributed by atoms with Crippen LogP contribution < -0.4 is 9.47 Å². The van der Waals surface area contributed by atoms with Crippen LogP contribution in [-0.4, -0.2) is 13.1 Å². The molecule has 0 aliphatic heterocycles. The first-order valence-electron chi connectivity index (χ1n) is 5.52. The van der Waals surface area contributed by atoms with Crippen LogP contribution in [0, 0.1) is 0 Å². The molecule has 0 saturated carbocycles. The molecule has 0 aliphatic carbocycles. The molecule has 0 fully saturated rings. The Balaban J connectivity index is 2.23. The largest absolute Gasteiger partial charge is 0.497 e. The third-order valence-corrected chi connectivity index (χ3v) is 4.12. The van der Waals surface area contributed by atoms with Crippen molar-refractivity contribution in [3.63, 3.8) is 0 Å². The molecule has 0 aromatic heterocycles. The number of carbonyl (C=O) groups excluding carboxylic acids is 1. The van der Waals surface area contributed by atoms with Gasteiger partial charge in [0.15, 0.2) is 5.75 Å². The van der Waals surface area contributed by atoms with Gasteiger partial charge in [0.2, 0.25) is 0 Å². The van der Waals surface area contributed by atoms with Gasteiger partial charge < -0.3 is 9.47 Å². The maximum Gasteiger partial charge on any atom is 0.343 e. The summed E-state index contributed by atoms with van der Waals surface area (Å²) >= 11 is 10.1. The van der Waals surface area contributed by atoms with Crippen LogP contribution in [0.5, 0.6) is 11.5 Å². The summed E-state index contributed by atoms with van der Waals surface area (Å²) in [5.41, 5.74) is 0.451. The lowest BCUT2D eigenvalue weighted by molar-refractivity contribution is 0.0732. The molecule has 20 heavy (non-hydrogen) atoms. The summed E-state index contributed by atoms with van der Waals surface area (Å²) in [7, 11) is 1.57. The SMILES string of the molecule is COc1ccc(C(=O)Oc2c(Br)cc(Br)cc2Br)cc1. The van der Waals surface area contributed by atoms with E-state index in [1.54, 1.807) is 43.5 Å². The zero-order chi connectivity index (χ0) is 14.7. The fourth-order valence-corrected chi connectivity index (χ4v) is 3.93. The van der Waals surface area contributed by atoms with E-state index in [0.29, 0.717) is 26.0 Å². The minimum Gasteiger partial charge on any atom is -0.497 e. The lowest BCUT2D eigenvalue weighted by Crippen LogP contribution is -2.09. The second-order valence-corrected chi connectivity index (χ2v) is 6.44. The van der Waals surface area contributed by atoms with Gasteiger partial charge in [0, 0.05) is 4.47 Å². The van der Waals surface area contributed by atoms with Crippen LogP contribution in [-0.2, 0) is 0 Å². The van der Waals surface area contributed by atoms with Crippen molar-refractivity contribution in [2.45, 2.75) is 0 Å². The van der Waals surface area contributed by atoms with E-state index >= 15 is 0 Å². The zero-order valence-corrected chi connectivity index (χ0v) is 15.1. The van der Waals surface area contributed by atoms with Gasteiger partial charge in [-0.15, -0.1) is 0 Å². The van der Waals surface area contributed by atoms with E-state index in [1.807, 2.05) is 0 Å². The smallest absolute Gasteiger partial charge is 0.343 e. The predicted octanol–water partition coefficient (Wildman–Crippen LogP) is 5.20. The molecule has 0 amide bonds. The van der Waals surface area contributed by atoms with Gasteiger partial charge in [0.05, 0.1) is 21.6 Å². The van der Waals surface area contributed by atoms with Crippen LogP contribution in [0.1, 0.15) is 10.4 Å². The second-order valence-electron chi connectivity index (χ2n) is 3.82. The maximum absolute atomic E-state index is 12.1. The number of halogens is 3. The Hall–Kier alpha value is -0.850. The van der Waals surface area contributed by atoms with E-state index in [4.69, 9.17) is 9.47 Å². The monoisotopic (exact) mass is 462 g/mol. The zero-order valence-electron chi connectivity index (χ0n) is 10.3. The highest BCUT2D eigenvalue weighted by Gasteiger charge is 2.14. The molecule has 0 aliphatic rings. The molecule has 0 atom stereocenters. The first-order valence-corrected chi connectivity index (χ1v) is 7.90. The Morgan fingerprint density at radius 1 is 1.00 bits per heavy atom. The third-order valence-electron chi connectivity index (χ3n) is 2.48. The molecule has 0 bridgehead atoms. The van der Waals surface area contributed by atoms with Crippen LogP contribution in [0.25, 0.3) is 0 Å². The highest BCUT2D eigenvalue weighted by molar-refractivity contribution is 9.11. The molecule has 2 aromatic carbocycles. The number of hydrogen-bond donors (Lipinski definition) is 0. The Morgan fingerprint density at radius 3 is 2.05 bits per heavy atom. The molecule has 0 N–H and O–H groups in total. The van der Waals surface area contributed by atoms with Crippen molar-refractivity contribution >= 4 is 53.8 Å². The summed E-state index contributed by atoms with van der Waals surface area (Å²) in [6.07, 6.45) is 0. The fraction of sp³-hybridized carbons (Fsp3) is 0.0714. The van der Waals surface area contributed by atoms with Crippen LogP contribution in [0.2, 0.25) is 0 Å². The molecule has 0 radical (unpaired) electrons. The number of methoxy groups -OCH3 is 1. The van der Waals surface area contributed by atoms with Gasteiger partial charge in [-0.1, -0.05) is 15.9 Å². The summed E-state index contributed by atoms with van der Waals surface area (Å²) < 4.78 is 12.7. The quantitative estimate of drug-likeness (QED) is 0.462. The van der Waals surface area contributed by atoms with E-state index in [-0.39, 0.29) is 0 Å². The standard InChI is InChI=1S/C14H9Br3O3/c1-19-10-4-2-8(3-5-10)14(18)20-13-11(16)6-9(15)7-12(13)17/h2-7H,1H3. The molecule has 2 rings (SSSR count). The van der Waals surface area contributed by atoms with Gasteiger partial charge in [-0.2, -0.15) is 0 Å². The van der Waals surface area contributed by atoms with Gasteiger partial charge in [0.1, 0.15) is 5.75 Å². The van der Waals surface area contributed by atoms with Gasteiger partial charge in [-0.25, -0.2) is 4.79 Å². The molecule has 0 spiro atoms. The van der Waals surface area contributed by atoms with Crippen molar-refractivity contribution in [2.24, 2.45) is 0 Å². The number of ether oxygens (including phenoxy) is 2. The molecular formula is C14H9Br3O3. The van der Waals surface area contributed by atoms with Crippen LogP contribution in [0.15, 0.2) is 49.8 Å². The van der Waals surface area contributed by atoms with E-state index in [0.717, 1.165) is 4.47 Å². The van der Waals surface area contributed by atoms with Crippen molar-refractivity contribution < 1.29 is 14.3 Å². The summed E-state index contributed by atoms with van der Waals surface area (Å²) in [5, 5.41) is 0. The van der Waals surface area contributed by atoms with Crippen molar-refractivity contribution in [3.8, 4) is 11.5 Å². The number of carbonyl (C=O) groups is 1. The minimum atomic E-state index is -0.434. The third kappa shape index (κ3) is 3.62. The normalized spacial score (nSPS) is 10.2. The van der Waals surface area contributed by atoms with Crippen molar-refractivity contribution in [1.29, 1.82) is 0 Å². The van der Waals surface area contributed by atoms with Crippen LogP contribution in [0.3, 0.4) is 0 Å². The lowest BCUT2D eigenvalue weighted by atomic mass is 10.2. The first kappa shape index (κ1) is 15.5. The second kappa shape index (κ2) is 6.74. The molecule has 2 aromatic rings. The number of benzene rings is 2. The van der Waals surface area contributed by atoms with E-state index in [1.165, 1.54) is 0 Å². The fourth-order valence-electron chi connectivity index (χ4n) is 1.51. The number of rotatable bonds is 3. The lowest BCUT2D eigenvalue weighted by Gasteiger charge is -2.09. The summed E-state index contributed by atoms with van der Waals surface area (Å²) in [6.45, 7) is 0. The van der Waals surface area contributed by atoms with Crippen molar-refractivity contribution in [3.05, 3.63) is 55.4 Å². The Kier molecular flexibility index (Phi) is 5.23. The van der Waals surface area contributed by atoms with Gasteiger partial charge in [-0.3, -0.25) is 0 Å². The maximum atomic E-state index is 12.1. The van der Waals surface area contributed by atoms with Crippen LogP contribution in [0.4, 0.5) is 0 Å². The molecule has 0 heterocycles. The summed E-state index contributed by atoms with van der Waals surface area (Å²) in [6, 6.07) is 10.3. The van der Waals surface area contributed by atoms with E-state index < -0.39 is 5.97 Å². The average molecular weight is 465 g/mol. The van der Waals surface area contributed by atoms with Crippen molar-refractivity contribution in [2.75, 3.05) is 7.11 Å². The van der Waals surface area contributed by atoms with Gasteiger partial charge in [-0.05, 0) is 68.3 Å². The van der Waals surface area contributed by atoms with Crippen molar-refractivity contribution in [1.82, 2.24) is 0 Å². The van der Waals surface area contributed by atoms with E-state index in [9.17, 15) is 4.79 Å².